The molecule has 4 saturated carbocycles. The predicted octanol–water partition coefficient (Wildman–Crippen LogP) is 2.49. The van der Waals surface area contributed by atoms with E-state index in [4.69, 9.17) is 0 Å². The Labute approximate surface area is 145 Å². The minimum Gasteiger partial charge on any atom is -0.277 e. The van der Waals surface area contributed by atoms with Crippen molar-refractivity contribution in [1.82, 2.24) is 10.3 Å². The molecule has 0 aromatic heterocycles. The molecule has 0 atom stereocenters. The third-order valence-electron chi connectivity index (χ3n) is 5.97. The second-order valence-corrected chi connectivity index (χ2v) is 9.55. The van der Waals surface area contributed by atoms with Gasteiger partial charge in [0.2, 0.25) is 5.91 Å². The number of nitrogens with one attached hydrogen (secondary N) is 2. The van der Waals surface area contributed by atoms with Crippen LogP contribution in [-0.2, 0) is 14.8 Å². The summed E-state index contributed by atoms with van der Waals surface area (Å²) < 4.78 is 50.9. The van der Waals surface area contributed by atoms with E-state index in [1.165, 1.54) is 19.3 Å². The van der Waals surface area contributed by atoms with E-state index in [2.05, 4.69) is 5.43 Å². The smallest absolute Gasteiger partial charge is 0.257 e. The molecular weight excluding hydrogens is 350 g/mol. The highest BCUT2D eigenvalue weighted by molar-refractivity contribution is 7.89. The van der Waals surface area contributed by atoms with Gasteiger partial charge in [-0.25, -0.2) is 17.2 Å². The molecule has 0 unspecified atom stereocenters. The highest BCUT2D eigenvalue weighted by atomic mass is 32.2. The second kappa shape index (κ2) is 5.74. The topological polar surface area (TPSA) is 75.3 Å². The number of hydrazine groups is 1. The molecule has 0 spiro atoms. The van der Waals surface area contributed by atoms with Crippen molar-refractivity contribution >= 4 is 15.9 Å². The van der Waals surface area contributed by atoms with Gasteiger partial charge in [0.05, 0.1) is 10.3 Å². The fourth-order valence-corrected chi connectivity index (χ4v) is 6.26. The van der Waals surface area contributed by atoms with E-state index in [0.29, 0.717) is 36.0 Å². The molecule has 1 aromatic carbocycles. The summed E-state index contributed by atoms with van der Waals surface area (Å²) in [5.41, 5.74) is 1.79. The lowest BCUT2D eigenvalue weighted by molar-refractivity contribution is -0.146. The van der Waals surface area contributed by atoms with Gasteiger partial charge in [0.25, 0.3) is 10.0 Å². The van der Waals surface area contributed by atoms with Crippen molar-refractivity contribution in [3.05, 3.63) is 29.8 Å². The van der Waals surface area contributed by atoms with Crippen LogP contribution >= 0.6 is 0 Å². The van der Waals surface area contributed by atoms with Crippen LogP contribution in [0.4, 0.5) is 8.78 Å². The number of amides is 1. The second-order valence-electron chi connectivity index (χ2n) is 7.86. The Morgan fingerprint density at radius 3 is 1.92 bits per heavy atom. The molecule has 2 N–H and O–H groups in total. The monoisotopic (exact) mass is 370 g/mol. The molecule has 4 bridgehead atoms. The summed E-state index contributed by atoms with van der Waals surface area (Å²) >= 11 is 0. The van der Waals surface area contributed by atoms with Crippen LogP contribution in [0.3, 0.4) is 0 Å². The van der Waals surface area contributed by atoms with Crippen LogP contribution in [0.15, 0.2) is 23.1 Å². The Kier molecular flexibility index (Phi) is 3.88. The summed E-state index contributed by atoms with van der Waals surface area (Å²) in [5, 5.41) is 0. The normalized spacial score (nSPS) is 33.4. The van der Waals surface area contributed by atoms with Gasteiger partial charge >= 0.3 is 0 Å². The largest absolute Gasteiger partial charge is 0.277 e. The van der Waals surface area contributed by atoms with E-state index in [9.17, 15) is 22.0 Å². The molecule has 25 heavy (non-hydrogen) atoms. The lowest BCUT2D eigenvalue weighted by Crippen LogP contribution is -2.56. The summed E-state index contributed by atoms with van der Waals surface area (Å²) in [6, 6.07) is 2.01. The Bertz CT molecular complexity index is 770. The highest BCUT2D eigenvalue weighted by Crippen LogP contribution is 2.60. The molecule has 5 nitrogen and oxygen atoms in total. The number of rotatable bonds is 4. The van der Waals surface area contributed by atoms with Gasteiger partial charge in [0.1, 0.15) is 11.6 Å². The number of carbonyl (C=O) groups is 1. The maximum Gasteiger partial charge on any atom is 0.257 e. The molecule has 0 aliphatic heterocycles. The molecule has 0 heterocycles. The van der Waals surface area contributed by atoms with E-state index in [1.54, 1.807) is 0 Å². The van der Waals surface area contributed by atoms with E-state index in [1.807, 2.05) is 4.83 Å². The van der Waals surface area contributed by atoms with Crippen molar-refractivity contribution in [3.8, 4) is 0 Å². The molecule has 1 aromatic rings. The van der Waals surface area contributed by atoms with Crippen LogP contribution in [0.2, 0.25) is 0 Å². The lowest BCUT2D eigenvalue weighted by atomic mass is 9.49. The molecule has 0 radical (unpaired) electrons. The zero-order valence-electron chi connectivity index (χ0n) is 13.6. The summed E-state index contributed by atoms with van der Waals surface area (Å²) in [6.07, 6.45) is 5.88. The number of carbonyl (C=O) groups excluding carboxylic acids is 1. The number of halogens is 2. The van der Waals surface area contributed by atoms with Gasteiger partial charge in [-0.05, 0) is 68.4 Å². The standard InChI is InChI=1S/C17H20F2N2O3S/c18-13-4-14(19)6-15(5-13)25(23,24)21-20-16(22)17-7-10-1-11(8-17)3-12(2-10)9-17/h4-6,10-12,21H,1-3,7-9H2,(H,20,22). The Morgan fingerprint density at radius 1 is 0.960 bits per heavy atom. The molecule has 0 saturated heterocycles. The van der Waals surface area contributed by atoms with Crippen molar-refractivity contribution in [3.63, 3.8) is 0 Å². The van der Waals surface area contributed by atoms with Crippen molar-refractivity contribution in [2.24, 2.45) is 23.2 Å². The van der Waals surface area contributed by atoms with Crippen LogP contribution in [0.5, 0.6) is 0 Å². The predicted molar refractivity (Wildman–Crippen MR) is 85.4 cm³/mol. The molecule has 8 heteroatoms. The molecule has 4 aliphatic carbocycles. The highest BCUT2D eigenvalue weighted by Gasteiger charge is 2.54. The minimum atomic E-state index is -4.23. The van der Waals surface area contributed by atoms with Crippen LogP contribution in [0, 0.1) is 34.8 Å². The average molecular weight is 370 g/mol. The SMILES string of the molecule is O=C(NNS(=O)(=O)c1cc(F)cc(F)c1)C12CC3CC(CC(C3)C1)C2. The van der Waals surface area contributed by atoms with E-state index in [-0.39, 0.29) is 5.91 Å². The number of hydrogen-bond acceptors (Lipinski definition) is 3. The first-order valence-electron chi connectivity index (χ1n) is 8.54. The van der Waals surface area contributed by atoms with Gasteiger partial charge in [-0.15, -0.1) is 4.83 Å². The Hall–Kier alpha value is -1.54. The van der Waals surface area contributed by atoms with Gasteiger partial charge in [-0.1, -0.05) is 0 Å². The molecule has 4 fully saturated rings. The Morgan fingerprint density at radius 2 is 1.44 bits per heavy atom. The average Bonchev–Trinajstić information content (AvgIpc) is 2.50. The van der Waals surface area contributed by atoms with Gasteiger partial charge in [0, 0.05) is 6.07 Å². The van der Waals surface area contributed by atoms with Gasteiger partial charge in [-0.2, -0.15) is 0 Å². The molecular formula is C17H20F2N2O3S. The lowest BCUT2D eigenvalue weighted by Gasteiger charge is -2.55. The van der Waals surface area contributed by atoms with Gasteiger partial charge < -0.3 is 0 Å². The number of hydrogen-bond donors (Lipinski definition) is 2. The van der Waals surface area contributed by atoms with E-state index >= 15 is 0 Å². The molecule has 5 rings (SSSR count). The summed E-state index contributed by atoms with van der Waals surface area (Å²) in [4.78, 5) is 14.2. The van der Waals surface area contributed by atoms with Crippen molar-refractivity contribution in [1.29, 1.82) is 0 Å². The zero-order valence-corrected chi connectivity index (χ0v) is 14.4. The first kappa shape index (κ1) is 16.9. The van der Waals surface area contributed by atoms with E-state index in [0.717, 1.165) is 19.3 Å². The van der Waals surface area contributed by atoms with Crippen LogP contribution in [-0.4, -0.2) is 14.3 Å². The third-order valence-corrected chi connectivity index (χ3v) is 7.19. The quantitative estimate of drug-likeness (QED) is 0.800. The summed E-state index contributed by atoms with van der Waals surface area (Å²) in [7, 11) is -4.23. The molecule has 4 aliphatic rings. The fraction of sp³-hybridized carbons (Fsp3) is 0.588. The zero-order chi connectivity index (χ0) is 17.8. The first-order chi connectivity index (χ1) is 11.8. The maximum absolute atomic E-state index is 13.2. The van der Waals surface area contributed by atoms with Crippen molar-refractivity contribution in [2.75, 3.05) is 0 Å². The Balaban J connectivity index is 1.48. The van der Waals surface area contributed by atoms with Crippen LogP contribution in [0.25, 0.3) is 0 Å². The fourth-order valence-electron chi connectivity index (χ4n) is 5.38. The molecule has 136 valence electrons. The summed E-state index contributed by atoms with van der Waals surface area (Å²) in [6.45, 7) is 0. The minimum absolute atomic E-state index is 0.327. The first-order valence-corrected chi connectivity index (χ1v) is 10.0. The van der Waals surface area contributed by atoms with Gasteiger partial charge in [0.15, 0.2) is 0 Å². The van der Waals surface area contributed by atoms with Crippen molar-refractivity contribution in [2.45, 2.75) is 43.4 Å². The number of benzene rings is 1. The summed E-state index contributed by atoms with van der Waals surface area (Å²) in [5.74, 6) is -0.671. The maximum atomic E-state index is 13.2. The van der Waals surface area contributed by atoms with Crippen molar-refractivity contribution < 1.29 is 22.0 Å². The van der Waals surface area contributed by atoms with Crippen LogP contribution in [0.1, 0.15) is 38.5 Å². The third kappa shape index (κ3) is 3.06. The van der Waals surface area contributed by atoms with Gasteiger partial charge in [-0.3, -0.25) is 10.2 Å². The molecule has 1 amide bonds. The number of sulfonamides is 1. The van der Waals surface area contributed by atoms with E-state index < -0.39 is 32.0 Å². The van der Waals surface area contributed by atoms with Crippen LogP contribution < -0.4 is 10.3 Å².